The molecule has 0 bridgehead atoms. The Bertz CT molecular complexity index is 870. The second kappa shape index (κ2) is 11.2. The number of aryl methyl sites for hydroxylation is 1. The molecule has 0 aliphatic carbocycles. The van der Waals surface area contributed by atoms with Gasteiger partial charge < -0.3 is 4.90 Å². The van der Waals surface area contributed by atoms with Crippen LogP contribution in [-0.2, 0) is 17.4 Å². The lowest BCUT2D eigenvalue weighted by atomic mass is 10.1. The van der Waals surface area contributed by atoms with Crippen molar-refractivity contribution in [3.05, 3.63) is 70.7 Å². The molecule has 0 fully saturated rings. The number of amides is 1. The Balaban J connectivity index is 1.91. The lowest BCUT2D eigenvalue weighted by Crippen LogP contribution is -2.31. The monoisotopic (exact) mass is 486 g/mol. The smallest absolute Gasteiger partial charge is 0.312 e. The first-order chi connectivity index (χ1) is 14.2. The van der Waals surface area contributed by atoms with Crippen molar-refractivity contribution in [3.8, 4) is 0 Å². The summed E-state index contributed by atoms with van der Waals surface area (Å²) in [7, 11) is 0. The number of carbonyl (C=O) groups excluding carboxylic acids is 1. The van der Waals surface area contributed by atoms with Crippen LogP contribution in [0.5, 0.6) is 0 Å². The highest BCUT2D eigenvalue weighted by molar-refractivity contribution is 9.10. The number of halogens is 5. The average molecular weight is 487 g/mol. The minimum absolute atomic E-state index is 0.0233. The van der Waals surface area contributed by atoms with Gasteiger partial charge in [-0.25, -0.2) is 4.39 Å². The summed E-state index contributed by atoms with van der Waals surface area (Å²) in [6.07, 6.45) is -0.760. The molecule has 1 aromatic carbocycles. The van der Waals surface area contributed by atoms with Gasteiger partial charge in [0, 0.05) is 41.4 Å². The largest absolute Gasteiger partial charge is 0.416 e. The number of benzene rings is 1. The Morgan fingerprint density at radius 1 is 1.10 bits per heavy atom. The van der Waals surface area contributed by atoms with Gasteiger partial charge in [-0.3, -0.25) is 9.78 Å². The van der Waals surface area contributed by atoms with E-state index in [0.29, 0.717) is 43.6 Å². The SMILES string of the molecule is C=C(F)CCC(=O)N(CCCCCc1cc(C(F)(F)F)ccn1)c1cccc(Br)c1. The molecule has 0 radical (unpaired) electrons. The summed E-state index contributed by atoms with van der Waals surface area (Å²) < 4.78 is 52.1. The predicted octanol–water partition coefficient (Wildman–Crippen LogP) is 6.87. The molecule has 3 nitrogen and oxygen atoms in total. The van der Waals surface area contributed by atoms with Gasteiger partial charge in [-0.1, -0.05) is 35.0 Å². The molecule has 30 heavy (non-hydrogen) atoms. The second-order valence-corrected chi connectivity index (χ2v) is 7.80. The Kier molecular flexibility index (Phi) is 9.02. The Morgan fingerprint density at radius 3 is 2.53 bits per heavy atom. The number of alkyl halides is 3. The maximum absolute atomic E-state index is 13.0. The normalized spacial score (nSPS) is 11.4. The minimum atomic E-state index is -4.38. The molecular formula is C22H23BrF4N2O. The van der Waals surface area contributed by atoms with E-state index in [9.17, 15) is 22.4 Å². The van der Waals surface area contributed by atoms with E-state index < -0.39 is 17.6 Å². The molecule has 2 rings (SSSR count). The molecule has 0 spiro atoms. The quantitative estimate of drug-likeness (QED) is 0.271. The zero-order chi connectivity index (χ0) is 22.1. The van der Waals surface area contributed by atoms with Crippen LogP contribution in [0, 0.1) is 0 Å². The number of hydrogen-bond acceptors (Lipinski definition) is 2. The molecule has 0 atom stereocenters. The second-order valence-electron chi connectivity index (χ2n) is 6.89. The predicted molar refractivity (Wildman–Crippen MR) is 113 cm³/mol. The summed E-state index contributed by atoms with van der Waals surface area (Å²) in [5.74, 6) is -0.738. The molecule has 8 heteroatoms. The number of carbonyl (C=O) groups is 1. The van der Waals surface area contributed by atoms with E-state index in [1.165, 1.54) is 6.20 Å². The summed E-state index contributed by atoms with van der Waals surface area (Å²) in [6, 6.07) is 9.30. The molecule has 1 aromatic heterocycles. The fourth-order valence-electron chi connectivity index (χ4n) is 2.96. The summed E-state index contributed by atoms with van der Waals surface area (Å²) in [4.78, 5) is 18.2. The van der Waals surface area contributed by atoms with Crippen molar-refractivity contribution in [2.75, 3.05) is 11.4 Å². The van der Waals surface area contributed by atoms with Crippen LogP contribution in [0.25, 0.3) is 0 Å². The van der Waals surface area contributed by atoms with Crippen molar-refractivity contribution < 1.29 is 22.4 Å². The van der Waals surface area contributed by atoms with Crippen LogP contribution in [0.4, 0.5) is 23.2 Å². The average Bonchev–Trinajstić information content (AvgIpc) is 2.68. The molecule has 2 aromatic rings. The van der Waals surface area contributed by atoms with Gasteiger partial charge in [0.25, 0.3) is 0 Å². The molecule has 0 aliphatic rings. The zero-order valence-corrected chi connectivity index (χ0v) is 18.0. The summed E-state index contributed by atoms with van der Waals surface area (Å²) in [6.45, 7) is 3.62. The first-order valence-corrected chi connectivity index (χ1v) is 10.4. The van der Waals surface area contributed by atoms with Crippen LogP contribution in [-0.4, -0.2) is 17.4 Å². The van der Waals surface area contributed by atoms with Crippen molar-refractivity contribution in [2.45, 2.75) is 44.7 Å². The van der Waals surface area contributed by atoms with Crippen LogP contribution >= 0.6 is 15.9 Å². The molecular weight excluding hydrogens is 464 g/mol. The number of unbranched alkanes of at least 4 members (excludes halogenated alkanes) is 2. The van der Waals surface area contributed by atoms with E-state index in [1.807, 2.05) is 18.2 Å². The van der Waals surface area contributed by atoms with E-state index in [0.717, 1.165) is 16.6 Å². The topological polar surface area (TPSA) is 33.2 Å². The number of anilines is 1. The number of rotatable bonds is 10. The van der Waals surface area contributed by atoms with Crippen LogP contribution in [0.15, 0.2) is 59.5 Å². The fraction of sp³-hybridized carbons (Fsp3) is 0.364. The molecule has 1 heterocycles. The molecule has 0 saturated carbocycles. The van der Waals surface area contributed by atoms with Crippen LogP contribution < -0.4 is 4.90 Å². The molecule has 0 aliphatic heterocycles. The van der Waals surface area contributed by atoms with Gasteiger partial charge in [-0.2, -0.15) is 13.2 Å². The summed E-state index contributed by atoms with van der Waals surface area (Å²) >= 11 is 3.38. The van der Waals surface area contributed by atoms with Crippen molar-refractivity contribution in [1.29, 1.82) is 0 Å². The van der Waals surface area contributed by atoms with E-state index >= 15 is 0 Å². The van der Waals surface area contributed by atoms with E-state index in [2.05, 4.69) is 27.5 Å². The van der Waals surface area contributed by atoms with Crippen molar-refractivity contribution >= 4 is 27.5 Å². The fourth-order valence-corrected chi connectivity index (χ4v) is 3.35. The minimum Gasteiger partial charge on any atom is -0.312 e. The third kappa shape index (κ3) is 7.89. The molecule has 0 unspecified atom stereocenters. The first-order valence-electron chi connectivity index (χ1n) is 9.58. The summed E-state index contributed by atoms with van der Waals surface area (Å²) in [5.41, 5.74) is 0.401. The highest BCUT2D eigenvalue weighted by atomic mass is 79.9. The Morgan fingerprint density at radius 2 is 1.87 bits per heavy atom. The third-order valence-corrected chi connectivity index (χ3v) is 4.98. The number of aromatic nitrogens is 1. The van der Waals surface area contributed by atoms with Gasteiger partial charge in [-0.15, -0.1) is 0 Å². The highest BCUT2D eigenvalue weighted by Gasteiger charge is 2.30. The van der Waals surface area contributed by atoms with Gasteiger partial charge in [0.2, 0.25) is 5.91 Å². The number of pyridine rings is 1. The number of nitrogens with zero attached hydrogens (tertiary/aromatic N) is 2. The van der Waals surface area contributed by atoms with Crippen molar-refractivity contribution in [3.63, 3.8) is 0 Å². The first kappa shape index (κ1) is 24.1. The molecule has 0 saturated heterocycles. The van der Waals surface area contributed by atoms with Crippen LogP contribution in [0.1, 0.15) is 43.4 Å². The molecule has 0 N–H and O–H groups in total. The molecule has 1 amide bonds. The molecule has 162 valence electrons. The van der Waals surface area contributed by atoms with Gasteiger partial charge in [0.15, 0.2) is 0 Å². The lowest BCUT2D eigenvalue weighted by molar-refractivity contribution is -0.137. The highest BCUT2D eigenvalue weighted by Crippen LogP contribution is 2.29. The van der Waals surface area contributed by atoms with Gasteiger partial charge in [-0.05, 0) is 49.6 Å². The Hall–Kier alpha value is -2.22. The van der Waals surface area contributed by atoms with Crippen LogP contribution in [0.2, 0.25) is 0 Å². The van der Waals surface area contributed by atoms with Gasteiger partial charge in [0.05, 0.1) is 11.4 Å². The van der Waals surface area contributed by atoms with Crippen molar-refractivity contribution in [2.24, 2.45) is 0 Å². The van der Waals surface area contributed by atoms with E-state index in [1.54, 1.807) is 11.0 Å². The third-order valence-electron chi connectivity index (χ3n) is 4.49. The summed E-state index contributed by atoms with van der Waals surface area (Å²) in [5, 5.41) is 0. The number of allylic oxidation sites excluding steroid dienone is 1. The van der Waals surface area contributed by atoms with E-state index in [-0.39, 0.29) is 18.7 Å². The lowest BCUT2D eigenvalue weighted by Gasteiger charge is -2.23. The van der Waals surface area contributed by atoms with Gasteiger partial charge >= 0.3 is 6.18 Å². The number of hydrogen-bond donors (Lipinski definition) is 0. The van der Waals surface area contributed by atoms with Crippen molar-refractivity contribution in [1.82, 2.24) is 4.98 Å². The standard InChI is InChI=1S/C22H23BrF4N2O/c1-16(24)9-10-21(30)29(20-8-5-6-18(23)15-20)13-4-2-3-7-19-14-17(11-12-28-19)22(25,26)27/h5-6,8,11-12,14-15H,1-4,7,9-10,13H2. The van der Waals surface area contributed by atoms with E-state index in [4.69, 9.17) is 0 Å². The van der Waals surface area contributed by atoms with Gasteiger partial charge in [0.1, 0.15) is 0 Å². The Labute approximate surface area is 181 Å². The zero-order valence-electron chi connectivity index (χ0n) is 16.4. The maximum Gasteiger partial charge on any atom is 0.416 e. The maximum atomic E-state index is 13.0. The van der Waals surface area contributed by atoms with Crippen LogP contribution in [0.3, 0.4) is 0 Å².